The van der Waals surface area contributed by atoms with Crippen molar-refractivity contribution in [3.05, 3.63) is 35.2 Å². The molecular formula is C14H16ClN3O3S. The van der Waals surface area contributed by atoms with Gasteiger partial charge in [0, 0.05) is 11.1 Å². The molecule has 1 aromatic carbocycles. The molecule has 22 heavy (non-hydrogen) atoms. The number of halogens is 1. The second-order valence-electron chi connectivity index (χ2n) is 4.72. The molecule has 0 fully saturated rings. The number of carbonyl (C=O) groups excluding carboxylic acids is 1. The van der Waals surface area contributed by atoms with Crippen molar-refractivity contribution in [2.45, 2.75) is 31.7 Å². The lowest BCUT2D eigenvalue weighted by molar-refractivity contribution is -0.119. The van der Waals surface area contributed by atoms with Crippen LogP contribution >= 0.6 is 23.4 Å². The first kappa shape index (κ1) is 16.6. The van der Waals surface area contributed by atoms with E-state index in [0.717, 1.165) is 0 Å². The molecule has 1 N–H and O–H groups in total. The first-order valence-electron chi connectivity index (χ1n) is 6.66. The Balaban J connectivity index is 1.78. The lowest BCUT2D eigenvalue weighted by Crippen LogP contribution is -2.31. The van der Waals surface area contributed by atoms with E-state index in [9.17, 15) is 4.79 Å². The highest BCUT2D eigenvalue weighted by molar-refractivity contribution is 7.99. The number of aromatic nitrogens is 2. The van der Waals surface area contributed by atoms with Gasteiger partial charge in [0.1, 0.15) is 5.75 Å². The van der Waals surface area contributed by atoms with Crippen molar-refractivity contribution in [1.29, 1.82) is 0 Å². The van der Waals surface area contributed by atoms with Gasteiger partial charge >= 0.3 is 0 Å². The average molecular weight is 342 g/mol. The highest BCUT2D eigenvalue weighted by Crippen LogP contribution is 2.19. The van der Waals surface area contributed by atoms with Gasteiger partial charge in [-0.1, -0.05) is 23.4 Å². The van der Waals surface area contributed by atoms with Crippen LogP contribution in [-0.4, -0.2) is 27.9 Å². The van der Waals surface area contributed by atoms with Crippen molar-refractivity contribution in [3.8, 4) is 5.75 Å². The third kappa shape index (κ3) is 5.57. The number of ether oxygens (including phenoxy) is 1. The smallest absolute Gasteiger partial charge is 0.277 e. The van der Waals surface area contributed by atoms with E-state index in [2.05, 4.69) is 15.5 Å². The molecule has 0 aliphatic carbocycles. The molecule has 0 aliphatic rings. The van der Waals surface area contributed by atoms with Gasteiger partial charge in [0.25, 0.3) is 11.1 Å². The van der Waals surface area contributed by atoms with E-state index in [1.807, 2.05) is 13.8 Å². The van der Waals surface area contributed by atoms with Crippen LogP contribution in [0.2, 0.25) is 5.02 Å². The molecule has 0 saturated heterocycles. The number of rotatable bonds is 7. The molecule has 0 spiro atoms. The maximum atomic E-state index is 11.5. The van der Waals surface area contributed by atoms with Gasteiger partial charge in [0.15, 0.2) is 6.61 Å². The highest BCUT2D eigenvalue weighted by atomic mass is 35.5. The van der Waals surface area contributed by atoms with Crippen molar-refractivity contribution >= 4 is 29.3 Å². The van der Waals surface area contributed by atoms with E-state index in [1.165, 1.54) is 11.8 Å². The van der Waals surface area contributed by atoms with Gasteiger partial charge in [-0.2, -0.15) is 0 Å². The van der Waals surface area contributed by atoms with Gasteiger partial charge < -0.3 is 14.5 Å². The van der Waals surface area contributed by atoms with Crippen LogP contribution in [0.1, 0.15) is 19.7 Å². The van der Waals surface area contributed by atoms with Crippen LogP contribution in [0.4, 0.5) is 0 Å². The van der Waals surface area contributed by atoms with Crippen LogP contribution in [0.15, 0.2) is 33.9 Å². The number of amides is 1. The van der Waals surface area contributed by atoms with Crippen LogP contribution in [0, 0.1) is 0 Å². The number of hydrogen-bond acceptors (Lipinski definition) is 6. The molecule has 0 radical (unpaired) electrons. The van der Waals surface area contributed by atoms with Crippen molar-refractivity contribution < 1.29 is 13.9 Å². The molecule has 0 atom stereocenters. The molecule has 0 bridgehead atoms. The maximum Gasteiger partial charge on any atom is 0.277 e. The molecule has 1 amide bonds. The van der Waals surface area contributed by atoms with E-state index in [0.29, 0.717) is 21.9 Å². The summed E-state index contributed by atoms with van der Waals surface area (Å²) in [5, 5.41) is 11.5. The van der Waals surface area contributed by atoms with Crippen molar-refractivity contribution in [3.63, 3.8) is 0 Å². The standard InChI is InChI=1S/C14H16ClN3O3S/c1-9(2)16-12(19)8-22-14-18-17-13(21-14)7-20-11-5-3-10(15)4-6-11/h3-6,9H,7-8H2,1-2H3,(H,16,19). The summed E-state index contributed by atoms with van der Waals surface area (Å²) >= 11 is 6.98. The lowest BCUT2D eigenvalue weighted by Gasteiger charge is -2.06. The van der Waals surface area contributed by atoms with Crippen LogP contribution in [0.25, 0.3) is 0 Å². The SMILES string of the molecule is CC(C)NC(=O)CSc1nnc(COc2ccc(Cl)cc2)o1. The molecular weight excluding hydrogens is 326 g/mol. The normalized spacial score (nSPS) is 10.7. The number of thioether (sulfide) groups is 1. The average Bonchev–Trinajstić information content (AvgIpc) is 2.92. The fraction of sp³-hybridized carbons (Fsp3) is 0.357. The monoisotopic (exact) mass is 341 g/mol. The highest BCUT2D eigenvalue weighted by Gasteiger charge is 2.10. The largest absolute Gasteiger partial charge is 0.484 e. The molecule has 0 unspecified atom stereocenters. The summed E-state index contributed by atoms with van der Waals surface area (Å²) in [5.41, 5.74) is 0. The summed E-state index contributed by atoms with van der Waals surface area (Å²) in [6.45, 7) is 3.97. The zero-order chi connectivity index (χ0) is 15.9. The molecule has 2 rings (SSSR count). The minimum absolute atomic E-state index is 0.0721. The number of hydrogen-bond donors (Lipinski definition) is 1. The zero-order valence-electron chi connectivity index (χ0n) is 12.2. The first-order chi connectivity index (χ1) is 10.5. The Bertz CT molecular complexity index is 616. The van der Waals surface area contributed by atoms with E-state index in [-0.39, 0.29) is 24.3 Å². The van der Waals surface area contributed by atoms with Gasteiger partial charge in [0.2, 0.25) is 5.91 Å². The van der Waals surface area contributed by atoms with Crippen LogP contribution < -0.4 is 10.1 Å². The lowest BCUT2D eigenvalue weighted by atomic mass is 10.3. The molecule has 118 valence electrons. The van der Waals surface area contributed by atoms with Crippen molar-refractivity contribution in [1.82, 2.24) is 15.5 Å². The van der Waals surface area contributed by atoms with Crippen LogP contribution in [0.3, 0.4) is 0 Å². The molecule has 2 aromatic rings. The van der Waals surface area contributed by atoms with Gasteiger partial charge in [0.05, 0.1) is 5.75 Å². The molecule has 0 aliphatic heterocycles. The zero-order valence-corrected chi connectivity index (χ0v) is 13.8. The molecule has 6 nitrogen and oxygen atoms in total. The van der Waals surface area contributed by atoms with E-state index in [4.69, 9.17) is 20.8 Å². The summed E-state index contributed by atoms with van der Waals surface area (Å²) in [7, 11) is 0. The molecule has 0 saturated carbocycles. The Labute approximate surface area is 137 Å². The second-order valence-corrected chi connectivity index (χ2v) is 6.08. The van der Waals surface area contributed by atoms with E-state index in [1.54, 1.807) is 24.3 Å². The Hall–Kier alpha value is -1.73. The number of nitrogens with zero attached hydrogens (tertiary/aromatic N) is 2. The summed E-state index contributed by atoms with van der Waals surface area (Å²) < 4.78 is 10.9. The number of carbonyl (C=O) groups is 1. The van der Waals surface area contributed by atoms with Gasteiger partial charge in [-0.05, 0) is 38.1 Å². The number of benzene rings is 1. The quantitative estimate of drug-likeness (QED) is 0.780. The van der Waals surface area contributed by atoms with E-state index < -0.39 is 0 Å². The summed E-state index contributed by atoms with van der Waals surface area (Å²) in [6.07, 6.45) is 0. The van der Waals surface area contributed by atoms with Crippen molar-refractivity contribution in [2.24, 2.45) is 0 Å². The van der Waals surface area contributed by atoms with Crippen molar-refractivity contribution in [2.75, 3.05) is 5.75 Å². The fourth-order valence-electron chi connectivity index (χ4n) is 1.52. The Morgan fingerprint density at radius 3 is 2.77 bits per heavy atom. The predicted octanol–water partition coefficient (Wildman–Crippen LogP) is 2.92. The Morgan fingerprint density at radius 2 is 2.09 bits per heavy atom. The summed E-state index contributed by atoms with van der Waals surface area (Å²) in [5.74, 6) is 1.17. The Morgan fingerprint density at radius 1 is 1.36 bits per heavy atom. The van der Waals surface area contributed by atoms with E-state index >= 15 is 0 Å². The van der Waals surface area contributed by atoms with Gasteiger partial charge in [-0.3, -0.25) is 4.79 Å². The van der Waals surface area contributed by atoms with Gasteiger partial charge in [-0.15, -0.1) is 10.2 Å². The molecule has 8 heteroatoms. The Kier molecular flexibility index (Phi) is 6.09. The third-order valence-corrected chi connectivity index (χ3v) is 3.47. The van der Waals surface area contributed by atoms with Crippen LogP contribution in [0.5, 0.6) is 5.75 Å². The first-order valence-corrected chi connectivity index (χ1v) is 8.02. The maximum absolute atomic E-state index is 11.5. The molecule has 1 aromatic heterocycles. The predicted molar refractivity (Wildman–Crippen MR) is 84.1 cm³/mol. The minimum atomic E-state index is -0.0721. The second kappa shape index (κ2) is 8.05. The van der Waals surface area contributed by atoms with Gasteiger partial charge in [-0.25, -0.2) is 0 Å². The fourth-order valence-corrected chi connectivity index (χ4v) is 2.24. The minimum Gasteiger partial charge on any atom is -0.484 e. The topological polar surface area (TPSA) is 77.2 Å². The third-order valence-electron chi connectivity index (χ3n) is 2.40. The summed E-state index contributed by atoms with van der Waals surface area (Å²) in [6, 6.07) is 7.09. The summed E-state index contributed by atoms with van der Waals surface area (Å²) in [4.78, 5) is 11.5. The number of nitrogens with one attached hydrogen (secondary N) is 1. The molecule has 1 heterocycles. The van der Waals surface area contributed by atoms with Crippen LogP contribution in [-0.2, 0) is 11.4 Å².